The molecule has 3 aliphatic rings. The van der Waals surface area contributed by atoms with Gasteiger partial charge in [0.15, 0.2) is 0 Å². The van der Waals surface area contributed by atoms with Crippen molar-refractivity contribution >= 4 is 24.7 Å². The highest BCUT2D eigenvalue weighted by atomic mass is 32.1. The van der Waals surface area contributed by atoms with Crippen LogP contribution in [0.5, 0.6) is 0 Å². The van der Waals surface area contributed by atoms with E-state index in [9.17, 15) is 0 Å². The Kier molecular flexibility index (Phi) is 7.27. The van der Waals surface area contributed by atoms with E-state index in [4.69, 9.17) is 9.72 Å². The summed E-state index contributed by atoms with van der Waals surface area (Å²) in [6.07, 6.45) is 12.5. The van der Waals surface area contributed by atoms with Crippen molar-refractivity contribution in [2.75, 3.05) is 49.1 Å². The van der Waals surface area contributed by atoms with Crippen LogP contribution in [0.2, 0.25) is 0 Å². The lowest BCUT2D eigenvalue weighted by atomic mass is 9.97. The minimum absolute atomic E-state index is 0.347. The van der Waals surface area contributed by atoms with Crippen molar-refractivity contribution in [2.24, 2.45) is 5.92 Å². The normalized spacial score (nSPS) is 20.8. The molecule has 5 rings (SSSR count). The topological polar surface area (TPSA) is 70.5 Å². The van der Waals surface area contributed by atoms with Crippen molar-refractivity contribution in [2.45, 2.75) is 58.1 Å². The Morgan fingerprint density at radius 1 is 0.909 bits per heavy atom. The smallest absolute Gasteiger partial charge is 0.225 e. The van der Waals surface area contributed by atoms with Crippen LogP contribution in [0.3, 0.4) is 0 Å². The summed E-state index contributed by atoms with van der Waals surface area (Å²) in [6, 6.07) is 0. The third-order valence-corrected chi connectivity index (χ3v) is 7.53. The molecule has 2 fully saturated rings. The molecule has 2 aromatic rings. The summed E-state index contributed by atoms with van der Waals surface area (Å²) in [4.78, 5) is 23.2. The zero-order valence-corrected chi connectivity index (χ0v) is 20.5. The summed E-state index contributed by atoms with van der Waals surface area (Å²) >= 11 is 4.45. The molecular formula is C24H35N7OS. The first-order valence-electron chi connectivity index (χ1n) is 12.4. The highest BCUT2D eigenvalue weighted by molar-refractivity contribution is 7.77. The van der Waals surface area contributed by atoms with Gasteiger partial charge in [-0.25, -0.2) is 24.2 Å². The summed E-state index contributed by atoms with van der Waals surface area (Å²) < 4.78 is 8.37. The van der Waals surface area contributed by atoms with E-state index in [1.54, 1.807) is 0 Å². The summed E-state index contributed by atoms with van der Waals surface area (Å²) in [7, 11) is 0. The second kappa shape index (κ2) is 10.5. The molecule has 0 unspecified atom stereocenters. The molecule has 0 saturated carbocycles. The number of fused-ring (bicyclic) bond motifs is 1. The number of thiol groups is 1. The van der Waals surface area contributed by atoms with Gasteiger partial charge in [0.25, 0.3) is 0 Å². The molecule has 2 saturated heterocycles. The zero-order chi connectivity index (χ0) is 22.6. The molecule has 33 heavy (non-hydrogen) atoms. The van der Waals surface area contributed by atoms with Gasteiger partial charge in [0.05, 0.1) is 11.8 Å². The van der Waals surface area contributed by atoms with Crippen molar-refractivity contribution in [1.82, 2.24) is 24.2 Å². The van der Waals surface area contributed by atoms with Gasteiger partial charge in [0, 0.05) is 76.5 Å². The van der Waals surface area contributed by atoms with E-state index < -0.39 is 0 Å². The standard InChI is InChI=1S/C24H35N7OS/c1-2-18-13-25-23(26-14-18)29-8-3-19(4-9-29)17-32-21-5-10-30(11-6-21)24-27-15-20-16-31(33)12-7-22(20)28-24/h13-15,19,21,33H,2-12,16-17H2,1H3. The van der Waals surface area contributed by atoms with Gasteiger partial charge in [-0.1, -0.05) is 19.7 Å². The van der Waals surface area contributed by atoms with E-state index in [1.165, 1.54) is 16.8 Å². The molecule has 0 aromatic carbocycles. The molecule has 8 nitrogen and oxygen atoms in total. The lowest BCUT2D eigenvalue weighted by molar-refractivity contribution is 0.0105. The monoisotopic (exact) mass is 469 g/mol. The molecule has 3 aliphatic heterocycles. The van der Waals surface area contributed by atoms with Gasteiger partial charge in [-0.05, 0) is 43.6 Å². The number of hydrogen-bond donors (Lipinski definition) is 1. The number of aromatic nitrogens is 4. The van der Waals surface area contributed by atoms with Crippen molar-refractivity contribution in [3.8, 4) is 0 Å². The largest absolute Gasteiger partial charge is 0.378 e. The Balaban J connectivity index is 1.04. The summed E-state index contributed by atoms with van der Waals surface area (Å²) in [5, 5.41) is 0. The van der Waals surface area contributed by atoms with Crippen molar-refractivity contribution < 1.29 is 4.74 Å². The second-order valence-corrected chi connectivity index (χ2v) is 10.0. The highest BCUT2D eigenvalue weighted by Gasteiger charge is 2.26. The van der Waals surface area contributed by atoms with Crippen LogP contribution in [0.25, 0.3) is 0 Å². The molecule has 0 spiro atoms. The van der Waals surface area contributed by atoms with Crippen LogP contribution in [0.1, 0.15) is 49.4 Å². The van der Waals surface area contributed by atoms with Crippen LogP contribution >= 0.6 is 12.8 Å². The molecule has 0 atom stereocenters. The first-order chi connectivity index (χ1) is 16.2. The Labute approximate surface area is 202 Å². The predicted octanol–water partition coefficient (Wildman–Crippen LogP) is 2.93. The van der Waals surface area contributed by atoms with Gasteiger partial charge in [0.2, 0.25) is 11.9 Å². The summed E-state index contributed by atoms with van der Waals surface area (Å²) in [6.45, 7) is 8.72. The van der Waals surface area contributed by atoms with Crippen molar-refractivity contribution in [3.05, 3.63) is 35.4 Å². The van der Waals surface area contributed by atoms with E-state index in [2.05, 4.69) is 44.5 Å². The molecule has 2 aromatic heterocycles. The molecule has 178 valence electrons. The molecule has 0 amide bonds. The first-order valence-corrected chi connectivity index (χ1v) is 12.8. The fourth-order valence-corrected chi connectivity index (χ4v) is 5.18. The summed E-state index contributed by atoms with van der Waals surface area (Å²) in [5.41, 5.74) is 3.58. The second-order valence-electron chi connectivity index (χ2n) is 9.48. The van der Waals surface area contributed by atoms with Crippen LogP contribution in [0.15, 0.2) is 18.6 Å². The molecule has 0 bridgehead atoms. The van der Waals surface area contributed by atoms with E-state index in [-0.39, 0.29) is 0 Å². The first kappa shape index (κ1) is 22.8. The number of nitrogens with zero attached hydrogens (tertiary/aromatic N) is 7. The fourth-order valence-electron chi connectivity index (χ4n) is 4.93. The number of aryl methyl sites for hydroxylation is 1. The Morgan fingerprint density at radius 3 is 2.30 bits per heavy atom. The molecule has 9 heteroatoms. The average molecular weight is 470 g/mol. The number of rotatable bonds is 6. The lowest BCUT2D eigenvalue weighted by Crippen LogP contribution is -2.40. The van der Waals surface area contributed by atoms with Gasteiger partial charge < -0.3 is 14.5 Å². The van der Waals surface area contributed by atoms with E-state index in [0.29, 0.717) is 12.0 Å². The van der Waals surface area contributed by atoms with Crippen LogP contribution in [0, 0.1) is 5.92 Å². The molecule has 5 heterocycles. The zero-order valence-electron chi connectivity index (χ0n) is 19.6. The number of ether oxygens (including phenoxy) is 1. The minimum Gasteiger partial charge on any atom is -0.378 e. The maximum atomic E-state index is 6.35. The Hall–Kier alpha value is -1.97. The lowest BCUT2D eigenvalue weighted by Gasteiger charge is -2.35. The SMILES string of the molecule is CCc1cnc(N2CCC(COC3CCN(c4ncc5c(n4)CCN(S)C5)CC3)CC2)nc1. The van der Waals surface area contributed by atoms with Gasteiger partial charge in [0.1, 0.15) is 0 Å². The Morgan fingerprint density at radius 2 is 1.58 bits per heavy atom. The van der Waals surface area contributed by atoms with Gasteiger partial charge in [-0.3, -0.25) is 0 Å². The van der Waals surface area contributed by atoms with E-state index >= 15 is 0 Å². The predicted molar refractivity (Wildman–Crippen MR) is 133 cm³/mol. The van der Waals surface area contributed by atoms with Crippen LogP contribution in [0.4, 0.5) is 11.9 Å². The average Bonchev–Trinajstić information content (AvgIpc) is 2.88. The van der Waals surface area contributed by atoms with Crippen molar-refractivity contribution in [3.63, 3.8) is 0 Å². The highest BCUT2D eigenvalue weighted by Crippen LogP contribution is 2.25. The van der Waals surface area contributed by atoms with Gasteiger partial charge >= 0.3 is 0 Å². The quantitative estimate of drug-likeness (QED) is 0.648. The molecule has 0 N–H and O–H groups in total. The maximum absolute atomic E-state index is 6.35. The third kappa shape index (κ3) is 5.58. The van der Waals surface area contributed by atoms with E-state index in [0.717, 1.165) is 96.3 Å². The van der Waals surface area contributed by atoms with E-state index in [1.807, 2.05) is 22.9 Å². The van der Waals surface area contributed by atoms with Crippen LogP contribution in [-0.2, 0) is 24.1 Å². The molecule has 0 aliphatic carbocycles. The van der Waals surface area contributed by atoms with Gasteiger partial charge in [-0.15, -0.1) is 0 Å². The number of anilines is 2. The maximum Gasteiger partial charge on any atom is 0.225 e. The summed E-state index contributed by atoms with van der Waals surface area (Å²) in [5.74, 6) is 2.37. The third-order valence-electron chi connectivity index (χ3n) is 7.19. The van der Waals surface area contributed by atoms with Crippen LogP contribution < -0.4 is 9.80 Å². The number of hydrogen-bond acceptors (Lipinski definition) is 9. The molecule has 0 radical (unpaired) electrons. The minimum atomic E-state index is 0.347. The molecular weight excluding hydrogens is 434 g/mol. The number of piperidine rings is 2. The van der Waals surface area contributed by atoms with Crippen LogP contribution in [-0.4, -0.2) is 69.7 Å². The van der Waals surface area contributed by atoms with Crippen molar-refractivity contribution in [1.29, 1.82) is 0 Å². The Bertz CT molecular complexity index is 912. The fraction of sp³-hybridized carbons (Fsp3) is 0.667. The van der Waals surface area contributed by atoms with Gasteiger partial charge in [-0.2, -0.15) is 0 Å².